The molecule has 0 aromatic carbocycles. The third-order valence-corrected chi connectivity index (χ3v) is 4.04. The van der Waals surface area contributed by atoms with Crippen molar-refractivity contribution in [1.29, 1.82) is 0 Å². The number of ether oxygens (including phenoxy) is 1. The Balaban J connectivity index is 1.83. The molecule has 2 unspecified atom stereocenters. The van der Waals surface area contributed by atoms with E-state index in [1.807, 2.05) is 4.90 Å². The summed E-state index contributed by atoms with van der Waals surface area (Å²) in [5.74, 6) is -0.737. The van der Waals surface area contributed by atoms with Gasteiger partial charge < -0.3 is 14.7 Å². The molecule has 2 aliphatic heterocycles. The Morgan fingerprint density at radius 1 is 1.16 bits per heavy atom. The van der Waals surface area contributed by atoms with Gasteiger partial charge in [-0.25, -0.2) is 0 Å². The fourth-order valence-electron chi connectivity index (χ4n) is 3.09. The van der Waals surface area contributed by atoms with Crippen LogP contribution in [0, 0.1) is 0 Å². The Morgan fingerprint density at radius 3 is 2.68 bits per heavy atom. The second kappa shape index (κ2) is 6.89. The molecule has 5 heteroatoms. The number of carbonyl (C=O) groups is 2. The summed E-state index contributed by atoms with van der Waals surface area (Å²) in [6, 6.07) is 0.220. The highest BCUT2D eigenvalue weighted by Gasteiger charge is 2.35. The fraction of sp³-hybridized carbons (Fsp3) is 0.857. The van der Waals surface area contributed by atoms with E-state index < -0.39 is 5.97 Å². The number of carboxylic acids is 1. The van der Waals surface area contributed by atoms with Crippen LogP contribution in [0.5, 0.6) is 0 Å². The number of likely N-dealkylation sites (tertiary alicyclic amines) is 1. The van der Waals surface area contributed by atoms with Crippen molar-refractivity contribution in [2.75, 3.05) is 13.2 Å². The first-order valence-corrected chi connectivity index (χ1v) is 7.31. The Labute approximate surface area is 113 Å². The molecule has 0 bridgehead atoms. The van der Waals surface area contributed by atoms with Crippen molar-refractivity contribution in [2.24, 2.45) is 0 Å². The first-order chi connectivity index (χ1) is 9.18. The summed E-state index contributed by atoms with van der Waals surface area (Å²) < 4.78 is 5.80. The van der Waals surface area contributed by atoms with Crippen LogP contribution in [0.25, 0.3) is 0 Å². The monoisotopic (exact) mass is 269 g/mol. The van der Waals surface area contributed by atoms with Crippen molar-refractivity contribution in [2.45, 2.75) is 63.5 Å². The Morgan fingerprint density at radius 2 is 2.00 bits per heavy atom. The van der Waals surface area contributed by atoms with Crippen LogP contribution in [0.2, 0.25) is 0 Å². The molecule has 108 valence electrons. The van der Waals surface area contributed by atoms with E-state index in [1.54, 1.807) is 0 Å². The zero-order chi connectivity index (χ0) is 13.7. The second-order valence-corrected chi connectivity index (χ2v) is 5.45. The van der Waals surface area contributed by atoms with Crippen LogP contribution in [0.15, 0.2) is 0 Å². The van der Waals surface area contributed by atoms with Crippen molar-refractivity contribution in [3.05, 3.63) is 0 Å². The van der Waals surface area contributed by atoms with Gasteiger partial charge in [0.1, 0.15) is 0 Å². The van der Waals surface area contributed by atoms with E-state index in [2.05, 4.69) is 0 Å². The zero-order valence-corrected chi connectivity index (χ0v) is 11.3. The molecule has 2 saturated heterocycles. The van der Waals surface area contributed by atoms with E-state index in [9.17, 15) is 9.59 Å². The summed E-state index contributed by atoms with van der Waals surface area (Å²) in [6.45, 7) is 1.61. The standard InChI is InChI=1S/C14H23NO4/c16-13(7-3-8-14(17)18)15-9-4-5-11(15)12-6-1-2-10-19-12/h11-12H,1-10H2,(H,17,18). The number of amides is 1. The normalized spacial score (nSPS) is 27.5. The molecule has 0 spiro atoms. The molecule has 1 N–H and O–H groups in total. The predicted octanol–water partition coefficient (Wildman–Crippen LogP) is 1.80. The molecule has 19 heavy (non-hydrogen) atoms. The lowest BCUT2D eigenvalue weighted by Crippen LogP contribution is -2.45. The minimum atomic E-state index is -0.832. The van der Waals surface area contributed by atoms with Gasteiger partial charge in [0.25, 0.3) is 0 Å². The molecule has 2 atom stereocenters. The average Bonchev–Trinajstić information content (AvgIpc) is 2.88. The van der Waals surface area contributed by atoms with Crippen LogP contribution >= 0.6 is 0 Å². The summed E-state index contributed by atoms with van der Waals surface area (Å²) in [4.78, 5) is 24.6. The van der Waals surface area contributed by atoms with E-state index in [0.717, 1.165) is 38.8 Å². The van der Waals surface area contributed by atoms with Crippen molar-refractivity contribution >= 4 is 11.9 Å². The first-order valence-electron chi connectivity index (χ1n) is 7.31. The van der Waals surface area contributed by atoms with Crippen molar-refractivity contribution in [3.63, 3.8) is 0 Å². The highest BCUT2D eigenvalue weighted by Crippen LogP contribution is 2.28. The minimum Gasteiger partial charge on any atom is -0.481 e. The molecule has 0 aromatic rings. The Kier molecular flexibility index (Phi) is 5.19. The molecule has 0 aromatic heterocycles. The molecule has 2 heterocycles. The van der Waals surface area contributed by atoms with Gasteiger partial charge in [-0.05, 0) is 38.5 Å². The molecule has 2 fully saturated rings. The van der Waals surface area contributed by atoms with Crippen molar-refractivity contribution in [3.8, 4) is 0 Å². The predicted molar refractivity (Wildman–Crippen MR) is 69.8 cm³/mol. The molecule has 5 nitrogen and oxygen atoms in total. The number of aliphatic carboxylic acids is 1. The maximum Gasteiger partial charge on any atom is 0.303 e. The van der Waals surface area contributed by atoms with Gasteiger partial charge in [0.05, 0.1) is 12.1 Å². The number of carbonyl (C=O) groups excluding carboxylic acids is 1. The summed E-state index contributed by atoms with van der Waals surface area (Å²) in [6.07, 6.45) is 6.45. The van der Waals surface area contributed by atoms with Crippen LogP contribution < -0.4 is 0 Å². The molecular weight excluding hydrogens is 246 g/mol. The van der Waals surface area contributed by atoms with Crippen LogP contribution in [0.1, 0.15) is 51.4 Å². The van der Waals surface area contributed by atoms with Crippen LogP contribution in [0.4, 0.5) is 0 Å². The van der Waals surface area contributed by atoms with Gasteiger partial charge in [-0.3, -0.25) is 9.59 Å². The van der Waals surface area contributed by atoms with Gasteiger partial charge in [-0.2, -0.15) is 0 Å². The zero-order valence-electron chi connectivity index (χ0n) is 11.3. The van der Waals surface area contributed by atoms with Gasteiger partial charge in [0, 0.05) is 26.0 Å². The number of nitrogens with zero attached hydrogens (tertiary/aromatic N) is 1. The lowest BCUT2D eigenvalue weighted by atomic mass is 10.00. The second-order valence-electron chi connectivity index (χ2n) is 5.45. The summed E-state index contributed by atoms with van der Waals surface area (Å²) in [7, 11) is 0. The van der Waals surface area contributed by atoms with E-state index in [0.29, 0.717) is 12.8 Å². The van der Waals surface area contributed by atoms with Crippen LogP contribution in [-0.2, 0) is 14.3 Å². The topological polar surface area (TPSA) is 66.8 Å². The number of rotatable bonds is 5. The number of hydrogen-bond acceptors (Lipinski definition) is 3. The Hall–Kier alpha value is -1.10. The summed E-state index contributed by atoms with van der Waals surface area (Å²) >= 11 is 0. The minimum absolute atomic E-state index is 0.0736. The summed E-state index contributed by atoms with van der Waals surface area (Å²) in [5.41, 5.74) is 0. The first kappa shape index (κ1) is 14.3. The average molecular weight is 269 g/mol. The SMILES string of the molecule is O=C(O)CCCC(=O)N1CCCC1C1CCCCO1. The molecular formula is C14H23NO4. The van der Waals surface area contributed by atoms with E-state index in [1.165, 1.54) is 6.42 Å². The third-order valence-electron chi connectivity index (χ3n) is 4.04. The quantitative estimate of drug-likeness (QED) is 0.826. The largest absolute Gasteiger partial charge is 0.481 e. The molecule has 0 radical (unpaired) electrons. The van der Waals surface area contributed by atoms with E-state index in [-0.39, 0.29) is 24.5 Å². The van der Waals surface area contributed by atoms with Crippen molar-refractivity contribution < 1.29 is 19.4 Å². The fourth-order valence-corrected chi connectivity index (χ4v) is 3.09. The smallest absolute Gasteiger partial charge is 0.303 e. The summed E-state index contributed by atoms with van der Waals surface area (Å²) in [5, 5.41) is 8.60. The maximum atomic E-state index is 12.2. The molecule has 2 rings (SSSR count). The molecule has 0 saturated carbocycles. The molecule has 1 amide bonds. The lowest BCUT2D eigenvalue weighted by Gasteiger charge is -2.34. The van der Waals surface area contributed by atoms with Gasteiger partial charge in [0.2, 0.25) is 5.91 Å². The van der Waals surface area contributed by atoms with Gasteiger partial charge in [-0.1, -0.05) is 0 Å². The Bertz CT molecular complexity index is 325. The third kappa shape index (κ3) is 3.93. The highest BCUT2D eigenvalue weighted by atomic mass is 16.5. The van der Waals surface area contributed by atoms with Crippen LogP contribution in [0.3, 0.4) is 0 Å². The van der Waals surface area contributed by atoms with Gasteiger partial charge in [0.15, 0.2) is 0 Å². The van der Waals surface area contributed by atoms with E-state index >= 15 is 0 Å². The maximum absolute atomic E-state index is 12.2. The molecule has 2 aliphatic rings. The molecule has 0 aliphatic carbocycles. The number of hydrogen-bond donors (Lipinski definition) is 1. The van der Waals surface area contributed by atoms with Crippen LogP contribution in [-0.4, -0.2) is 47.2 Å². The van der Waals surface area contributed by atoms with Gasteiger partial charge in [-0.15, -0.1) is 0 Å². The van der Waals surface area contributed by atoms with Crippen molar-refractivity contribution in [1.82, 2.24) is 4.90 Å². The lowest BCUT2D eigenvalue weighted by molar-refractivity contribution is -0.138. The van der Waals surface area contributed by atoms with E-state index in [4.69, 9.17) is 9.84 Å². The van der Waals surface area contributed by atoms with Gasteiger partial charge >= 0.3 is 5.97 Å². The number of carboxylic acid groups (broad SMARTS) is 1. The highest BCUT2D eigenvalue weighted by molar-refractivity contribution is 5.77.